The predicted molar refractivity (Wildman–Crippen MR) is 99.4 cm³/mol. The minimum Gasteiger partial charge on any atom is -0.368 e. The van der Waals surface area contributed by atoms with Gasteiger partial charge in [0.2, 0.25) is 5.91 Å². The maximum atomic E-state index is 12.9. The van der Waals surface area contributed by atoms with Crippen molar-refractivity contribution in [2.75, 3.05) is 17.2 Å². The summed E-state index contributed by atoms with van der Waals surface area (Å²) in [5.74, 6) is 0.656. The van der Waals surface area contributed by atoms with E-state index in [1.165, 1.54) is 12.1 Å². The van der Waals surface area contributed by atoms with E-state index < -0.39 is 0 Å². The lowest BCUT2D eigenvalue weighted by molar-refractivity contribution is -0.115. The fraction of sp³-hybridized carbons (Fsp3) is 0.150. The molecular formula is C20H19FN4O. The van der Waals surface area contributed by atoms with E-state index in [1.807, 2.05) is 30.3 Å². The fourth-order valence-corrected chi connectivity index (χ4v) is 2.45. The second-order valence-corrected chi connectivity index (χ2v) is 5.82. The highest BCUT2D eigenvalue weighted by Gasteiger charge is 2.05. The zero-order valence-electron chi connectivity index (χ0n) is 14.2. The fourth-order valence-electron chi connectivity index (χ4n) is 2.45. The lowest BCUT2D eigenvalue weighted by atomic mass is 10.1. The van der Waals surface area contributed by atoms with Gasteiger partial charge in [-0.15, -0.1) is 10.2 Å². The zero-order chi connectivity index (χ0) is 18.2. The van der Waals surface area contributed by atoms with Crippen LogP contribution in [0.4, 0.5) is 16.0 Å². The Balaban J connectivity index is 1.45. The van der Waals surface area contributed by atoms with E-state index in [0.717, 1.165) is 17.5 Å². The van der Waals surface area contributed by atoms with Gasteiger partial charge in [0.1, 0.15) is 11.6 Å². The van der Waals surface area contributed by atoms with E-state index in [1.54, 1.807) is 24.3 Å². The average Bonchev–Trinajstić information content (AvgIpc) is 2.65. The summed E-state index contributed by atoms with van der Waals surface area (Å²) in [4.78, 5) is 12.0. The van der Waals surface area contributed by atoms with Crippen molar-refractivity contribution >= 4 is 17.5 Å². The largest absolute Gasteiger partial charge is 0.368 e. The quantitative estimate of drug-likeness (QED) is 0.685. The molecule has 0 aliphatic rings. The van der Waals surface area contributed by atoms with Gasteiger partial charge in [0.25, 0.3) is 0 Å². The number of hydrogen-bond acceptors (Lipinski definition) is 4. The van der Waals surface area contributed by atoms with Crippen molar-refractivity contribution in [2.45, 2.75) is 12.8 Å². The molecule has 26 heavy (non-hydrogen) atoms. The summed E-state index contributed by atoms with van der Waals surface area (Å²) in [6, 6.07) is 19.4. The molecular weight excluding hydrogens is 331 g/mol. The number of halogens is 1. The van der Waals surface area contributed by atoms with Gasteiger partial charge in [0.05, 0.1) is 6.42 Å². The molecule has 0 bridgehead atoms. The molecule has 3 rings (SSSR count). The Morgan fingerprint density at radius 3 is 2.23 bits per heavy atom. The highest BCUT2D eigenvalue weighted by atomic mass is 19.1. The normalized spacial score (nSPS) is 10.3. The van der Waals surface area contributed by atoms with Crippen LogP contribution in [-0.2, 0) is 17.6 Å². The number of rotatable bonds is 7. The van der Waals surface area contributed by atoms with Crippen molar-refractivity contribution < 1.29 is 9.18 Å². The molecule has 0 atom stereocenters. The maximum absolute atomic E-state index is 12.9. The Morgan fingerprint density at radius 2 is 1.54 bits per heavy atom. The Hall–Kier alpha value is -3.28. The lowest BCUT2D eigenvalue weighted by Gasteiger charge is -2.07. The number of hydrogen-bond donors (Lipinski definition) is 2. The molecule has 3 aromatic rings. The molecule has 0 radical (unpaired) electrons. The van der Waals surface area contributed by atoms with Crippen LogP contribution in [0.5, 0.6) is 0 Å². The van der Waals surface area contributed by atoms with Gasteiger partial charge in [-0.1, -0.05) is 42.5 Å². The van der Waals surface area contributed by atoms with Crippen molar-refractivity contribution in [3.8, 4) is 0 Å². The SMILES string of the molecule is O=C(Cc1ccccc1)Nc1ccc(NCCc2ccc(F)cc2)nn1. The third kappa shape index (κ3) is 5.37. The molecule has 0 fully saturated rings. The highest BCUT2D eigenvalue weighted by molar-refractivity contribution is 5.91. The van der Waals surface area contributed by atoms with Gasteiger partial charge in [-0.2, -0.15) is 0 Å². The minimum absolute atomic E-state index is 0.137. The Labute approximate surface area is 151 Å². The Kier molecular flexibility index (Phi) is 5.88. The first-order valence-electron chi connectivity index (χ1n) is 8.35. The average molecular weight is 350 g/mol. The van der Waals surface area contributed by atoms with Crippen LogP contribution >= 0.6 is 0 Å². The van der Waals surface area contributed by atoms with E-state index in [2.05, 4.69) is 20.8 Å². The summed E-state index contributed by atoms with van der Waals surface area (Å²) in [5.41, 5.74) is 1.98. The molecule has 0 saturated carbocycles. The summed E-state index contributed by atoms with van der Waals surface area (Å²) in [5, 5.41) is 13.9. The van der Waals surface area contributed by atoms with E-state index in [0.29, 0.717) is 24.6 Å². The molecule has 0 saturated heterocycles. The number of amides is 1. The first kappa shape index (κ1) is 17.5. The Morgan fingerprint density at radius 1 is 0.846 bits per heavy atom. The van der Waals surface area contributed by atoms with Gasteiger partial charge in [-0.25, -0.2) is 4.39 Å². The zero-order valence-corrected chi connectivity index (χ0v) is 14.2. The number of carbonyl (C=O) groups excluding carboxylic acids is 1. The minimum atomic E-state index is -0.238. The number of benzene rings is 2. The van der Waals surface area contributed by atoms with Crippen molar-refractivity contribution in [3.63, 3.8) is 0 Å². The predicted octanol–water partition coefficient (Wildman–Crippen LogP) is 3.45. The van der Waals surface area contributed by atoms with Crippen LogP contribution in [0.1, 0.15) is 11.1 Å². The number of nitrogens with one attached hydrogen (secondary N) is 2. The van der Waals surface area contributed by atoms with Gasteiger partial charge in [0, 0.05) is 6.54 Å². The summed E-state index contributed by atoms with van der Waals surface area (Å²) in [6.07, 6.45) is 1.04. The van der Waals surface area contributed by atoms with Crippen LogP contribution < -0.4 is 10.6 Å². The molecule has 0 spiro atoms. The molecule has 1 heterocycles. The molecule has 2 aromatic carbocycles. The monoisotopic (exact) mass is 350 g/mol. The van der Waals surface area contributed by atoms with Crippen molar-refractivity contribution in [3.05, 3.63) is 83.7 Å². The molecule has 5 nitrogen and oxygen atoms in total. The molecule has 0 unspecified atom stereocenters. The third-order valence-corrected chi connectivity index (χ3v) is 3.77. The molecule has 6 heteroatoms. The molecule has 0 aliphatic carbocycles. The van der Waals surface area contributed by atoms with E-state index in [4.69, 9.17) is 0 Å². The van der Waals surface area contributed by atoms with Gasteiger partial charge < -0.3 is 10.6 Å². The summed E-state index contributed by atoms with van der Waals surface area (Å²) in [6.45, 7) is 0.653. The topological polar surface area (TPSA) is 66.9 Å². The highest BCUT2D eigenvalue weighted by Crippen LogP contribution is 2.09. The molecule has 1 aromatic heterocycles. The van der Waals surface area contributed by atoms with E-state index in [9.17, 15) is 9.18 Å². The van der Waals surface area contributed by atoms with Gasteiger partial charge in [-0.3, -0.25) is 4.79 Å². The van der Waals surface area contributed by atoms with Crippen LogP contribution in [0.2, 0.25) is 0 Å². The first-order chi connectivity index (χ1) is 12.7. The molecule has 0 aliphatic heterocycles. The van der Waals surface area contributed by atoms with Crippen LogP contribution in [0.15, 0.2) is 66.7 Å². The maximum Gasteiger partial charge on any atom is 0.229 e. The van der Waals surface area contributed by atoms with Crippen molar-refractivity contribution in [1.29, 1.82) is 0 Å². The van der Waals surface area contributed by atoms with Crippen molar-refractivity contribution in [2.24, 2.45) is 0 Å². The molecule has 2 N–H and O–H groups in total. The van der Waals surface area contributed by atoms with Crippen LogP contribution in [0, 0.1) is 5.82 Å². The Bertz CT molecular complexity index is 836. The van der Waals surface area contributed by atoms with E-state index >= 15 is 0 Å². The summed E-state index contributed by atoms with van der Waals surface area (Å²) < 4.78 is 12.9. The smallest absolute Gasteiger partial charge is 0.229 e. The number of nitrogens with zero attached hydrogens (tertiary/aromatic N) is 2. The second kappa shape index (κ2) is 8.71. The summed E-state index contributed by atoms with van der Waals surface area (Å²) >= 11 is 0. The van der Waals surface area contributed by atoms with Gasteiger partial charge in [0.15, 0.2) is 5.82 Å². The van der Waals surface area contributed by atoms with Crippen LogP contribution in [0.3, 0.4) is 0 Å². The van der Waals surface area contributed by atoms with Crippen LogP contribution in [0.25, 0.3) is 0 Å². The second-order valence-electron chi connectivity index (χ2n) is 5.82. The number of aromatic nitrogens is 2. The number of carbonyl (C=O) groups is 1. The van der Waals surface area contributed by atoms with E-state index in [-0.39, 0.29) is 11.7 Å². The van der Waals surface area contributed by atoms with Crippen molar-refractivity contribution in [1.82, 2.24) is 10.2 Å². The lowest BCUT2D eigenvalue weighted by Crippen LogP contribution is -2.16. The first-order valence-corrected chi connectivity index (χ1v) is 8.35. The molecule has 132 valence electrons. The standard InChI is InChI=1S/C20H19FN4O/c21-17-8-6-15(7-9-17)12-13-22-18-10-11-19(25-24-18)23-20(26)14-16-4-2-1-3-5-16/h1-11H,12-14H2,(H,22,24)(H,23,25,26). The summed E-state index contributed by atoms with van der Waals surface area (Å²) in [7, 11) is 0. The van der Waals surface area contributed by atoms with Crippen LogP contribution in [-0.4, -0.2) is 22.6 Å². The third-order valence-electron chi connectivity index (χ3n) is 3.77. The van der Waals surface area contributed by atoms with Gasteiger partial charge in [-0.05, 0) is 41.8 Å². The molecule has 1 amide bonds. The number of anilines is 2. The van der Waals surface area contributed by atoms with Gasteiger partial charge >= 0.3 is 0 Å².